The van der Waals surface area contributed by atoms with Crippen LogP contribution in [0.2, 0.25) is 0 Å². The minimum atomic E-state index is -1.34. The minimum Gasteiger partial charge on any atom is -0.399 e. The van der Waals surface area contributed by atoms with Crippen molar-refractivity contribution >= 4 is 33.7 Å². The fourth-order valence-electron chi connectivity index (χ4n) is 0.906. The molecule has 0 radical (unpaired) electrons. The first kappa shape index (κ1) is 15.4. The van der Waals surface area contributed by atoms with Crippen LogP contribution in [0.1, 0.15) is 19.3 Å². The third-order valence-electron chi connectivity index (χ3n) is 1.64. The van der Waals surface area contributed by atoms with E-state index in [1.54, 1.807) is 0 Å². The maximum absolute atomic E-state index is 11.5. The van der Waals surface area contributed by atoms with E-state index in [-0.39, 0.29) is 5.91 Å². The number of carbonyl (C=O) groups is 2. The van der Waals surface area contributed by atoms with Gasteiger partial charge in [-0.3, -0.25) is 4.79 Å². The Morgan fingerprint density at radius 1 is 1.25 bits per heavy atom. The topological polar surface area (TPSA) is 67.4 Å². The molecule has 94 valence electrons. The molecule has 0 aliphatic rings. The average molecular weight is 270 g/mol. The Balaban J connectivity index is 3.26. The van der Waals surface area contributed by atoms with Gasteiger partial charge in [-0.25, -0.2) is 4.79 Å². The molecule has 0 rings (SSSR count). The molecule has 0 aliphatic carbocycles. The minimum absolute atomic E-state index is 0.0260. The SMILES string of the molecule is O=C(CCCS)NCCCNC(=O)OPF. The average Bonchev–Trinajstić information content (AvgIpc) is 2.26. The van der Waals surface area contributed by atoms with E-state index in [1.807, 2.05) is 0 Å². The van der Waals surface area contributed by atoms with Gasteiger partial charge >= 0.3 is 6.09 Å². The summed E-state index contributed by atoms with van der Waals surface area (Å²) in [6, 6.07) is 0. The van der Waals surface area contributed by atoms with Gasteiger partial charge < -0.3 is 15.2 Å². The van der Waals surface area contributed by atoms with E-state index >= 15 is 0 Å². The third kappa shape index (κ3) is 9.98. The van der Waals surface area contributed by atoms with Crippen LogP contribution in [0.4, 0.5) is 8.99 Å². The lowest BCUT2D eigenvalue weighted by Crippen LogP contribution is -2.29. The number of thiol groups is 1. The van der Waals surface area contributed by atoms with Crippen molar-refractivity contribution in [2.45, 2.75) is 19.3 Å². The Morgan fingerprint density at radius 2 is 1.94 bits per heavy atom. The molecule has 0 saturated heterocycles. The van der Waals surface area contributed by atoms with Gasteiger partial charge in [0.2, 0.25) is 5.91 Å². The normalized spacial score (nSPS) is 10.4. The monoisotopic (exact) mass is 270 g/mol. The Kier molecular flexibility index (Phi) is 10.6. The second-order valence-electron chi connectivity index (χ2n) is 2.92. The van der Waals surface area contributed by atoms with Crippen LogP contribution in [-0.4, -0.2) is 30.8 Å². The summed E-state index contributed by atoms with van der Waals surface area (Å²) in [5, 5.41) is 5.03. The maximum Gasteiger partial charge on any atom is 0.411 e. The molecule has 0 aliphatic heterocycles. The van der Waals surface area contributed by atoms with Crippen LogP contribution < -0.4 is 10.6 Å². The molecule has 16 heavy (non-hydrogen) atoms. The fraction of sp³-hybridized carbons (Fsp3) is 0.750. The number of halogens is 1. The molecule has 1 unspecified atom stereocenters. The van der Waals surface area contributed by atoms with Crippen LogP contribution >= 0.6 is 21.7 Å². The third-order valence-corrected chi connectivity index (χ3v) is 2.22. The molecule has 0 heterocycles. The molecule has 0 aromatic heterocycles. The van der Waals surface area contributed by atoms with Gasteiger partial charge in [0, 0.05) is 19.5 Å². The summed E-state index contributed by atoms with van der Waals surface area (Å²) in [4.78, 5) is 21.7. The molecular weight excluding hydrogens is 254 g/mol. The standard InChI is InChI=1S/C8H16FN2O3PS/c9-15-14-8(13)11-5-2-4-10-7(12)3-1-6-16/h15-16H,1-6H2,(H,10,12)(H,11,13). The van der Waals surface area contributed by atoms with E-state index in [2.05, 4.69) is 27.8 Å². The van der Waals surface area contributed by atoms with E-state index < -0.39 is 15.2 Å². The summed E-state index contributed by atoms with van der Waals surface area (Å²) in [6.07, 6.45) is 1.01. The van der Waals surface area contributed by atoms with Gasteiger partial charge in [0.05, 0.1) is 0 Å². The van der Waals surface area contributed by atoms with E-state index in [9.17, 15) is 13.8 Å². The van der Waals surface area contributed by atoms with Gasteiger partial charge in [-0.05, 0) is 18.6 Å². The van der Waals surface area contributed by atoms with Crippen LogP contribution in [0.25, 0.3) is 0 Å². The van der Waals surface area contributed by atoms with Crippen molar-refractivity contribution < 1.29 is 18.3 Å². The van der Waals surface area contributed by atoms with E-state index in [1.165, 1.54) is 0 Å². The van der Waals surface area contributed by atoms with Crippen LogP contribution in [0, 0.1) is 0 Å². The number of hydrogen-bond acceptors (Lipinski definition) is 4. The molecular formula is C8H16FN2O3PS. The van der Waals surface area contributed by atoms with Crippen LogP contribution in [0.3, 0.4) is 0 Å². The molecule has 2 N–H and O–H groups in total. The Morgan fingerprint density at radius 3 is 2.56 bits per heavy atom. The number of amides is 2. The number of nitrogens with one attached hydrogen (secondary N) is 2. The maximum atomic E-state index is 11.5. The summed E-state index contributed by atoms with van der Waals surface area (Å²) >= 11 is 3.99. The molecule has 1 atom stereocenters. The van der Waals surface area contributed by atoms with Crippen LogP contribution in [-0.2, 0) is 9.32 Å². The smallest absolute Gasteiger partial charge is 0.399 e. The van der Waals surface area contributed by atoms with Crippen molar-refractivity contribution in [1.29, 1.82) is 0 Å². The van der Waals surface area contributed by atoms with Crippen molar-refractivity contribution in [3.05, 3.63) is 0 Å². The molecule has 2 amide bonds. The van der Waals surface area contributed by atoms with Crippen molar-refractivity contribution in [2.75, 3.05) is 18.8 Å². The molecule has 0 saturated carbocycles. The summed E-state index contributed by atoms with van der Waals surface area (Å²) in [6.45, 7) is 0.819. The predicted octanol–water partition coefficient (Wildman–Crippen LogP) is 1.41. The van der Waals surface area contributed by atoms with Crippen molar-refractivity contribution in [3.8, 4) is 0 Å². The van der Waals surface area contributed by atoms with Gasteiger partial charge in [-0.15, -0.1) is 0 Å². The lowest BCUT2D eigenvalue weighted by Gasteiger charge is -2.05. The van der Waals surface area contributed by atoms with Gasteiger partial charge in [0.1, 0.15) is 0 Å². The summed E-state index contributed by atoms with van der Waals surface area (Å²) < 4.78 is 15.6. The van der Waals surface area contributed by atoms with E-state index in [0.717, 1.165) is 6.42 Å². The van der Waals surface area contributed by atoms with Crippen molar-refractivity contribution in [3.63, 3.8) is 0 Å². The van der Waals surface area contributed by atoms with E-state index in [0.29, 0.717) is 31.7 Å². The Labute approximate surface area is 101 Å². The van der Waals surface area contributed by atoms with Crippen molar-refractivity contribution in [2.24, 2.45) is 0 Å². The molecule has 5 nitrogen and oxygen atoms in total. The highest BCUT2D eigenvalue weighted by molar-refractivity contribution is 7.80. The summed E-state index contributed by atoms with van der Waals surface area (Å²) in [5.74, 6) is 0.659. The fourth-order valence-corrected chi connectivity index (χ4v) is 1.21. The zero-order chi connectivity index (χ0) is 12.2. The van der Waals surface area contributed by atoms with Gasteiger partial charge in [-0.1, -0.05) is 0 Å². The summed E-state index contributed by atoms with van der Waals surface area (Å²) in [7, 11) is -1.34. The van der Waals surface area contributed by atoms with Crippen LogP contribution in [0.15, 0.2) is 0 Å². The number of rotatable bonds is 8. The first-order chi connectivity index (χ1) is 7.70. The predicted molar refractivity (Wildman–Crippen MR) is 64.6 cm³/mol. The zero-order valence-electron chi connectivity index (χ0n) is 8.79. The summed E-state index contributed by atoms with van der Waals surface area (Å²) in [5.41, 5.74) is 0. The molecule has 0 spiro atoms. The molecule has 0 aromatic carbocycles. The Hall–Kier alpha value is -0.550. The number of hydrogen-bond donors (Lipinski definition) is 3. The highest BCUT2D eigenvalue weighted by atomic mass is 32.1. The first-order valence-electron chi connectivity index (χ1n) is 4.88. The highest BCUT2D eigenvalue weighted by Crippen LogP contribution is 2.10. The van der Waals surface area contributed by atoms with Crippen LogP contribution in [0.5, 0.6) is 0 Å². The van der Waals surface area contributed by atoms with Gasteiger partial charge in [-0.2, -0.15) is 16.8 Å². The molecule has 8 heteroatoms. The highest BCUT2D eigenvalue weighted by Gasteiger charge is 2.01. The van der Waals surface area contributed by atoms with E-state index in [4.69, 9.17) is 0 Å². The van der Waals surface area contributed by atoms with Crippen molar-refractivity contribution in [1.82, 2.24) is 10.6 Å². The second kappa shape index (κ2) is 11.0. The first-order valence-corrected chi connectivity index (χ1v) is 6.30. The molecule has 0 bridgehead atoms. The number of carbonyl (C=O) groups excluding carboxylic acids is 2. The quantitative estimate of drug-likeness (QED) is 0.355. The lowest BCUT2D eigenvalue weighted by atomic mass is 10.3. The largest absolute Gasteiger partial charge is 0.411 e. The van der Waals surface area contributed by atoms with Gasteiger partial charge in [0.15, 0.2) is 0 Å². The Bertz CT molecular complexity index is 221. The lowest BCUT2D eigenvalue weighted by molar-refractivity contribution is -0.121. The zero-order valence-corrected chi connectivity index (χ0v) is 10.7. The van der Waals surface area contributed by atoms with Gasteiger partial charge in [0.25, 0.3) is 9.12 Å². The molecule has 0 aromatic rings. The molecule has 0 fully saturated rings. The second-order valence-corrected chi connectivity index (χ2v) is 3.73.